The zero-order valence-corrected chi connectivity index (χ0v) is 14.7. The minimum atomic E-state index is -1.09. The number of rotatable bonds is 4. The van der Waals surface area contributed by atoms with E-state index in [1.807, 2.05) is 18.2 Å². The van der Waals surface area contributed by atoms with Gasteiger partial charge in [-0.3, -0.25) is 9.69 Å². The lowest BCUT2D eigenvalue weighted by molar-refractivity contribution is 0.0696. The highest BCUT2D eigenvalue weighted by molar-refractivity contribution is 5.90. The van der Waals surface area contributed by atoms with Gasteiger partial charge in [-0.15, -0.1) is 0 Å². The lowest BCUT2D eigenvalue weighted by Crippen LogP contribution is -2.35. The van der Waals surface area contributed by atoms with Crippen LogP contribution < -0.4 is 5.56 Å². The second kappa shape index (κ2) is 7.02. The first kappa shape index (κ1) is 17.5. The molecule has 0 radical (unpaired) electrons. The first-order valence-corrected chi connectivity index (χ1v) is 8.98. The summed E-state index contributed by atoms with van der Waals surface area (Å²) in [5, 5.41) is 19.7. The number of fused-ring (bicyclic) bond motifs is 1. The molecule has 3 aromatic rings. The number of piperidine rings is 1. The van der Waals surface area contributed by atoms with Crippen molar-refractivity contribution in [2.75, 3.05) is 13.1 Å². The lowest BCUT2D eigenvalue weighted by atomic mass is 10.1. The molecule has 1 fully saturated rings. The van der Waals surface area contributed by atoms with Crippen LogP contribution in [0.15, 0.2) is 41.3 Å². The number of H-pyrrole nitrogens is 2. The van der Waals surface area contributed by atoms with Crippen molar-refractivity contribution in [3.63, 3.8) is 0 Å². The summed E-state index contributed by atoms with van der Waals surface area (Å²) in [6.45, 7) is 2.59. The van der Waals surface area contributed by atoms with Gasteiger partial charge in [0.2, 0.25) is 0 Å². The van der Waals surface area contributed by atoms with Gasteiger partial charge < -0.3 is 20.2 Å². The van der Waals surface area contributed by atoms with Crippen LogP contribution >= 0.6 is 0 Å². The molecule has 1 aliphatic rings. The summed E-state index contributed by atoms with van der Waals surface area (Å²) in [5.41, 5.74) is 2.65. The molecule has 0 aliphatic carbocycles. The number of carboxylic acid groups (broad SMARTS) is 1. The number of aliphatic hydroxyl groups is 1. The normalized spacial score (nSPS) is 16.0. The Bertz CT molecular complexity index is 1040. The van der Waals surface area contributed by atoms with Crippen LogP contribution in [0.2, 0.25) is 0 Å². The molecular weight excluding hydrogens is 346 g/mol. The van der Waals surface area contributed by atoms with Crippen molar-refractivity contribution in [3.8, 4) is 11.3 Å². The molecule has 0 amide bonds. The number of benzene rings is 1. The number of hydrogen-bond donors (Lipinski definition) is 4. The number of carbonyl (C=O) groups is 1. The zero-order chi connectivity index (χ0) is 19.0. The first-order valence-electron chi connectivity index (χ1n) is 8.98. The molecule has 0 bridgehead atoms. The number of aromatic nitrogens is 2. The van der Waals surface area contributed by atoms with Crippen molar-refractivity contribution in [1.29, 1.82) is 0 Å². The molecule has 7 heteroatoms. The average Bonchev–Trinajstić information content (AvgIpc) is 3.07. The standard InChI is InChI=1S/C20H21N3O4/c24-15-3-5-23(6-4-15)11-12-1-2-17-13(7-12)9-18(22-17)16-8-14(20(26)27)10-21-19(16)25/h1-2,7-10,15,22,24H,3-6,11H2,(H,21,25)(H,26,27). The van der Waals surface area contributed by atoms with Crippen LogP contribution in [0.1, 0.15) is 28.8 Å². The molecule has 2 aromatic heterocycles. The van der Waals surface area contributed by atoms with Crippen molar-refractivity contribution in [1.82, 2.24) is 14.9 Å². The first-order chi connectivity index (χ1) is 13.0. The predicted octanol–water partition coefficient (Wildman–Crippen LogP) is 2.18. The second-order valence-corrected chi connectivity index (χ2v) is 7.05. The summed E-state index contributed by atoms with van der Waals surface area (Å²) >= 11 is 0. The third kappa shape index (κ3) is 3.65. The van der Waals surface area contributed by atoms with Gasteiger partial charge in [0.05, 0.1) is 22.9 Å². The maximum absolute atomic E-state index is 12.1. The number of nitrogens with one attached hydrogen (secondary N) is 2. The van der Waals surface area contributed by atoms with Crippen LogP contribution in [0.4, 0.5) is 0 Å². The number of pyridine rings is 1. The molecule has 0 atom stereocenters. The number of aromatic carboxylic acids is 1. The van der Waals surface area contributed by atoms with Crippen LogP contribution in [0.25, 0.3) is 22.2 Å². The van der Waals surface area contributed by atoms with Crippen LogP contribution in [-0.4, -0.2) is 50.2 Å². The number of aromatic amines is 2. The fraction of sp³-hybridized carbons (Fsp3) is 0.300. The maximum atomic E-state index is 12.1. The summed E-state index contributed by atoms with van der Waals surface area (Å²) in [4.78, 5) is 31.3. The minimum Gasteiger partial charge on any atom is -0.478 e. The Morgan fingerprint density at radius 3 is 2.70 bits per heavy atom. The van der Waals surface area contributed by atoms with Gasteiger partial charge >= 0.3 is 5.97 Å². The third-order valence-electron chi connectivity index (χ3n) is 5.09. The fourth-order valence-corrected chi connectivity index (χ4v) is 3.57. The van der Waals surface area contributed by atoms with Gasteiger partial charge in [-0.1, -0.05) is 6.07 Å². The highest BCUT2D eigenvalue weighted by Crippen LogP contribution is 2.24. The Kier molecular flexibility index (Phi) is 4.55. The number of aliphatic hydroxyl groups excluding tert-OH is 1. The van der Waals surface area contributed by atoms with Gasteiger partial charge in [-0.05, 0) is 42.7 Å². The largest absolute Gasteiger partial charge is 0.478 e. The van der Waals surface area contributed by atoms with Gasteiger partial charge in [0.1, 0.15) is 0 Å². The van der Waals surface area contributed by atoms with E-state index in [4.69, 9.17) is 5.11 Å². The van der Waals surface area contributed by atoms with Gasteiger partial charge in [0.25, 0.3) is 5.56 Å². The van der Waals surface area contributed by atoms with Crippen molar-refractivity contribution in [2.45, 2.75) is 25.5 Å². The summed E-state index contributed by atoms with van der Waals surface area (Å²) in [6.07, 6.45) is 2.62. The molecule has 4 N–H and O–H groups in total. The quantitative estimate of drug-likeness (QED) is 0.565. The van der Waals surface area contributed by atoms with E-state index in [0.29, 0.717) is 11.3 Å². The summed E-state index contributed by atoms with van der Waals surface area (Å²) in [6, 6.07) is 9.35. The Labute approximate surface area is 155 Å². The van der Waals surface area contributed by atoms with E-state index in [0.717, 1.165) is 48.9 Å². The van der Waals surface area contributed by atoms with Gasteiger partial charge in [0, 0.05) is 36.7 Å². The molecule has 1 aliphatic heterocycles. The van der Waals surface area contributed by atoms with E-state index in [9.17, 15) is 14.7 Å². The molecule has 1 aromatic carbocycles. The van der Waals surface area contributed by atoms with Crippen LogP contribution in [-0.2, 0) is 6.54 Å². The number of likely N-dealkylation sites (tertiary alicyclic amines) is 1. The number of nitrogens with zero attached hydrogens (tertiary/aromatic N) is 1. The smallest absolute Gasteiger partial charge is 0.337 e. The summed E-state index contributed by atoms with van der Waals surface area (Å²) < 4.78 is 0. The van der Waals surface area contributed by atoms with E-state index in [1.165, 1.54) is 12.3 Å². The van der Waals surface area contributed by atoms with E-state index in [-0.39, 0.29) is 17.2 Å². The molecule has 4 rings (SSSR count). The van der Waals surface area contributed by atoms with Gasteiger partial charge in [-0.25, -0.2) is 4.79 Å². The second-order valence-electron chi connectivity index (χ2n) is 7.05. The van der Waals surface area contributed by atoms with Crippen LogP contribution in [0.3, 0.4) is 0 Å². The van der Waals surface area contributed by atoms with E-state index in [1.54, 1.807) is 0 Å². The average molecular weight is 367 g/mol. The van der Waals surface area contributed by atoms with Gasteiger partial charge in [0.15, 0.2) is 0 Å². The molecular formula is C20H21N3O4. The third-order valence-corrected chi connectivity index (χ3v) is 5.09. The molecule has 1 saturated heterocycles. The van der Waals surface area contributed by atoms with Crippen molar-refractivity contribution < 1.29 is 15.0 Å². The molecule has 0 saturated carbocycles. The van der Waals surface area contributed by atoms with E-state index >= 15 is 0 Å². The van der Waals surface area contributed by atoms with Crippen molar-refractivity contribution in [3.05, 3.63) is 58.0 Å². The van der Waals surface area contributed by atoms with E-state index < -0.39 is 5.97 Å². The number of carboxylic acids is 1. The molecule has 140 valence electrons. The summed E-state index contributed by atoms with van der Waals surface area (Å²) in [7, 11) is 0. The Hall–Kier alpha value is -2.90. The van der Waals surface area contributed by atoms with Crippen molar-refractivity contribution in [2.24, 2.45) is 0 Å². The highest BCUT2D eigenvalue weighted by Gasteiger charge is 2.17. The SMILES string of the molecule is O=C(O)c1c[nH]c(=O)c(-c2cc3cc(CN4CCC(O)CC4)ccc3[nH]2)c1. The Morgan fingerprint density at radius 2 is 1.96 bits per heavy atom. The lowest BCUT2D eigenvalue weighted by Gasteiger charge is -2.29. The fourth-order valence-electron chi connectivity index (χ4n) is 3.57. The molecule has 7 nitrogen and oxygen atoms in total. The Morgan fingerprint density at radius 1 is 1.19 bits per heavy atom. The molecule has 0 unspecified atom stereocenters. The topological polar surface area (TPSA) is 109 Å². The van der Waals surface area contributed by atoms with Crippen molar-refractivity contribution >= 4 is 16.9 Å². The van der Waals surface area contributed by atoms with E-state index in [2.05, 4.69) is 20.9 Å². The highest BCUT2D eigenvalue weighted by atomic mass is 16.4. The predicted molar refractivity (Wildman–Crippen MR) is 102 cm³/mol. The zero-order valence-electron chi connectivity index (χ0n) is 14.7. The van der Waals surface area contributed by atoms with Crippen LogP contribution in [0, 0.1) is 0 Å². The number of hydrogen-bond acceptors (Lipinski definition) is 4. The minimum absolute atomic E-state index is 0.0382. The van der Waals surface area contributed by atoms with Gasteiger partial charge in [-0.2, -0.15) is 0 Å². The maximum Gasteiger partial charge on any atom is 0.337 e. The van der Waals surface area contributed by atoms with Crippen LogP contribution in [0.5, 0.6) is 0 Å². The molecule has 0 spiro atoms. The summed E-state index contributed by atoms with van der Waals surface area (Å²) in [5.74, 6) is -1.09. The Balaban J connectivity index is 1.62. The molecule has 27 heavy (non-hydrogen) atoms. The molecule has 3 heterocycles. The monoisotopic (exact) mass is 367 g/mol.